The van der Waals surface area contributed by atoms with Crippen LogP contribution in [0, 0.1) is 12.7 Å². The quantitative estimate of drug-likeness (QED) is 0.362. The van der Waals surface area contributed by atoms with Crippen molar-refractivity contribution in [2.24, 2.45) is 0 Å². The molecule has 9 heteroatoms. The predicted octanol–water partition coefficient (Wildman–Crippen LogP) is 4.31. The molecule has 3 aromatic rings. The third-order valence-electron chi connectivity index (χ3n) is 6.66. The molecule has 0 fully saturated rings. The van der Waals surface area contributed by atoms with Crippen LogP contribution in [-0.4, -0.2) is 55.1 Å². The second kappa shape index (κ2) is 13.5. The summed E-state index contributed by atoms with van der Waals surface area (Å²) >= 11 is 0. The lowest BCUT2D eigenvalue weighted by molar-refractivity contribution is -0.141. The Morgan fingerprint density at radius 1 is 0.949 bits per heavy atom. The zero-order valence-electron chi connectivity index (χ0n) is 22.8. The van der Waals surface area contributed by atoms with Crippen LogP contribution in [0.25, 0.3) is 0 Å². The molecule has 2 amide bonds. The van der Waals surface area contributed by atoms with Crippen molar-refractivity contribution < 1.29 is 22.4 Å². The van der Waals surface area contributed by atoms with Gasteiger partial charge < -0.3 is 10.2 Å². The van der Waals surface area contributed by atoms with Crippen LogP contribution in [0.5, 0.6) is 0 Å². The molecule has 7 nitrogen and oxygen atoms in total. The lowest BCUT2D eigenvalue weighted by atomic mass is 10.0. The van der Waals surface area contributed by atoms with E-state index in [1.54, 1.807) is 30.3 Å². The van der Waals surface area contributed by atoms with Gasteiger partial charge in [-0.1, -0.05) is 73.2 Å². The molecule has 0 aliphatic heterocycles. The summed E-state index contributed by atoms with van der Waals surface area (Å²) < 4.78 is 42.1. The van der Waals surface area contributed by atoms with Gasteiger partial charge in [0.2, 0.25) is 21.8 Å². The molecule has 0 aliphatic carbocycles. The zero-order valence-corrected chi connectivity index (χ0v) is 23.6. The summed E-state index contributed by atoms with van der Waals surface area (Å²) in [5, 5.41) is 2.94. The molecule has 0 aromatic heterocycles. The molecule has 39 heavy (non-hydrogen) atoms. The molecule has 0 bridgehead atoms. The van der Waals surface area contributed by atoms with E-state index in [1.165, 1.54) is 30.1 Å². The fourth-order valence-corrected chi connectivity index (χ4v) is 5.18. The summed E-state index contributed by atoms with van der Waals surface area (Å²) in [5.41, 5.74) is 1.94. The van der Waals surface area contributed by atoms with Crippen LogP contribution >= 0.6 is 0 Å². The number of hydrogen-bond donors (Lipinski definition) is 1. The first-order valence-corrected chi connectivity index (χ1v) is 14.4. The van der Waals surface area contributed by atoms with Gasteiger partial charge in [-0.3, -0.25) is 9.59 Å². The number of amides is 2. The van der Waals surface area contributed by atoms with Crippen LogP contribution in [0.15, 0.2) is 83.8 Å². The Bertz CT molecular complexity index is 1360. The Kier molecular flexibility index (Phi) is 10.4. The summed E-state index contributed by atoms with van der Waals surface area (Å²) in [7, 11) is -2.66. The Hall–Kier alpha value is -3.56. The van der Waals surface area contributed by atoms with E-state index in [9.17, 15) is 22.4 Å². The van der Waals surface area contributed by atoms with E-state index < -0.39 is 34.3 Å². The van der Waals surface area contributed by atoms with E-state index in [1.807, 2.05) is 51.1 Å². The first-order valence-electron chi connectivity index (χ1n) is 12.9. The van der Waals surface area contributed by atoms with Gasteiger partial charge in [-0.05, 0) is 44.0 Å². The molecule has 3 rings (SSSR count). The van der Waals surface area contributed by atoms with E-state index >= 15 is 0 Å². The fraction of sp³-hybridized carbons (Fsp3) is 0.333. The monoisotopic (exact) mass is 553 g/mol. The van der Waals surface area contributed by atoms with Crippen molar-refractivity contribution in [1.29, 1.82) is 0 Å². The van der Waals surface area contributed by atoms with Crippen LogP contribution in [0.1, 0.15) is 37.0 Å². The van der Waals surface area contributed by atoms with E-state index in [4.69, 9.17) is 0 Å². The Balaban J connectivity index is 1.99. The van der Waals surface area contributed by atoms with Crippen LogP contribution in [-0.2, 0) is 32.6 Å². The Morgan fingerprint density at radius 2 is 1.56 bits per heavy atom. The maximum atomic E-state index is 14.7. The van der Waals surface area contributed by atoms with Gasteiger partial charge in [0.05, 0.1) is 11.4 Å². The van der Waals surface area contributed by atoms with Gasteiger partial charge in [-0.15, -0.1) is 0 Å². The molecule has 0 saturated carbocycles. The maximum absolute atomic E-state index is 14.7. The number of carbonyl (C=O) groups is 2. The van der Waals surface area contributed by atoms with Crippen LogP contribution < -0.4 is 5.32 Å². The standard InChI is InChI=1S/C30H36FN3O4S/c1-5-23(3)32-30(36)28(19-24-11-7-6-8-12-24)34(20-25-13-9-10-14-27(25)31)29(35)21-33(4)39(37,38)26-17-15-22(2)16-18-26/h6-18,23,28H,5,19-21H2,1-4H3,(H,32,36)/t23-,28+/m1/s1. The summed E-state index contributed by atoms with van der Waals surface area (Å²) in [6.45, 7) is 4.93. The lowest BCUT2D eigenvalue weighted by Crippen LogP contribution is -2.54. The van der Waals surface area contributed by atoms with Gasteiger partial charge in [-0.25, -0.2) is 12.8 Å². The SMILES string of the molecule is CC[C@@H](C)NC(=O)[C@H](Cc1ccccc1)N(Cc1ccccc1F)C(=O)CN(C)S(=O)(=O)c1ccc(C)cc1. The first-order chi connectivity index (χ1) is 18.5. The van der Waals surface area contributed by atoms with Gasteiger partial charge in [0.15, 0.2) is 0 Å². The van der Waals surface area contributed by atoms with Crippen molar-refractivity contribution >= 4 is 21.8 Å². The van der Waals surface area contributed by atoms with Crippen molar-refractivity contribution in [2.45, 2.75) is 57.1 Å². The minimum Gasteiger partial charge on any atom is -0.352 e. The van der Waals surface area contributed by atoms with Gasteiger partial charge >= 0.3 is 0 Å². The van der Waals surface area contributed by atoms with Crippen LogP contribution in [0.4, 0.5) is 4.39 Å². The number of benzene rings is 3. The van der Waals surface area contributed by atoms with Crippen LogP contribution in [0.2, 0.25) is 0 Å². The molecule has 3 aromatic carbocycles. The molecular weight excluding hydrogens is 517 g/mol. The molecule has 1 N–H and O–H groups in total. The number of nitrogens with zero attached hydrogens (tertiary/aromatic N) is 2. The van der Waals surface area contributed by atoms with Crippen LogP contribution in [0.3, 0.4) is 0 Å². The highest BCUT2D eigenvalue weighted by Gasteiger charge is 2.33. The number of rotatable bonds is 12. The molecule has 208 valence electrons. The maximum Gasteiger partial charge on any atom is 0.243 e. The van der Waals surface area contributed by atoms with E-state index in [2.05, 4.69) is 5.32 Å². The van der Waals surface area contributed by atoms with Gasteiger partial charge in [0, 0.05) is 31.6 Å². The smallest absolute Gasteiger partial charge is 0.243 e. The van der Waals surface area contributed by atoms with Crippen molar-refractivity contribution in [3.63, 3.8) is 0 Å². The van der Waals surface area contributed by atoms with Crippen molar-refractivity contribution in [1.82, 2.24) is 14.5 Å². The zero-order chi connectivity index (χ0) is 28.6. The highest BCUT2D eigenvalue weighted by molar-refractivity contribution is 7.89. The highest BCUT2D eigenvalue weighted by atomic mass is 32.2. The van der Waals surface area contributed by atoms with E-state index in [-0.39, 0.29) is 35.4 Å². The van der Waals surface area contributed by atoms with Gasteiger partial charge in [0.1, 0.15) is 11.9 Å². The van der Waals surface area contributed by atoms with Crippen molar-refractivity contribution in [3.05, 3.63) is 101 Å². The topological polar surface area (TPSA) is 86.8 Å². The number of halogens is 1. The lowest BCUT2D eigenvalue weighted by Gasteiger charge is -2.33. The van der Waals surface area contributed by atoms with Crippen molar-refractivity contribution in [2.75, 3.05) is 13.6 Å². The molecule has 0 saturated heterocycles. The second-order valence-electron chi connectivity index (χ2n) is 9.71. The Labute approximate surface area is 230 Å². The summed E-state index contributed by atoms with van der Waals surface area (Å²) in [6, 6.07) is 20.5. The third kappa shape index (κ3) is 7.97. The largest absolute Gasteiger partial charge is 0.352 e. The third-order valence-corrected chi connectivity index (χ3v) is 8.48. The second-order valence-corrected chi connectivity index (χ2v) is 11.8. The summed E-state index contributed by atoms with van der Waals surface area (Å²) in [5.74, 6) is -1.52. The summed E-state index contributed by atoms with van der Waals surface area (Å²) in [4.78, 5) is 28.7. The predicted molar refractivity (Wildman–Crippen MR) is 150 cm³/mol. The molecule has 0 unspecified atom stereocenters. The molecule has 0 heterocycles. The van der Waals surface area contributed by atoms with E-state index in [0.29, 0.717) is 6.42 Å². The molecule has 0 aliphatic rings. The molecule has 0 spiro atoms. The fourth-order valence-electron chi connectivity index (χ4n) is 4.06. The molecule has 2 atom stereocenters. The minimum absolute atomic E-state index is 0.0550. The average Bonchev–Trinajstić information content (AvgIpc) is 2.92. The first kappa shape index (κ1) is 30.0. The average molecular weight is 554 g/mol. The van der Waals surface area contributed by atoms with E-state index in [0.717, 1.165) is 15.4 Å². The number of carbonyl (C=O) groups excluding carboxylic acids is 2. The normalized spacial score (nSPS) is 13.1. The minimum atomic E-state index is -3.98. The van der Waals surface area contributed by atoms with Gasteiger partial charge in [-0.2, -0.15) is 4.31 Å². The number of aryl methyl sites for hydroxylation is 1. The van der Waals surface area contributed by atoms with Crippen molar-refractivity contribution in [3.8, 4) is 0 Å². The number of hydrogen-bond acceptors (Lipinski definition) is 4. The number of nitrogens with one attached hydrogen (secondary N) is 1. The molecular formula is C30H36FN3O4S. The van der Waals surface area contributed by atoms with Gasteiger partial charge in [0.25, 0.3) is 0 Å². The number of sulfonamides is 1. The number of likely N-dealkylation sites (N-methyl/N-ethyl adjacent to an activating group) is 1. The molecule has 0 radical (unpaired) electrons. The summed E-state index contributed by atoms with van der Waals surface area (Å²) in [6.07, 6.45) is 0.861. The Morgan fingerprint density at radius 3 is 2.18 bits per heavy atom. The highest BCUT2D eigenvalue weighted by Crippen LogP contribution is 2.19.